The van der Waals surface area contributed by atoms with Gasteiger partial charge in [-0.1, -0.05) is 12.1 Å². The molecule has 2 aromatic carbocycles. The fourth-order valence-electron chi connectivity index (χ4n) is 2.19. The van der Waals surface area contributed by atoms with Gasteiger partial charge in [-0.15, -0.1) is 0 Å². The summed E-state index contributed by atoms with van der Waals surface area (Å²) in [5.41, 5.74) is 0.655. The molecule has 0 spiro atoms. The molecule has 0 amide bonds. The van der Waals surface area contributed by atoms with Crippen molar-refractivity contribution in [2.24, 2.45) is 0 Å². The lowest BCUT2D eigenvalue weighted by molar-refractivity contribution is 0.414. The van der Waals surface area contributed by atoms with Gasteiger partial charge in [-0.2, -0.15) is 0 Å². The van der Waals surface area contributed by atoms with Crippen LogP contribution in [0.15, 0.2) is 47.4 Å². The highest BCUT2D eigenvalue weighted by Gasteiger charge is 2.21. The summed E-state index contributed by atoms with van der Waals surface area (Å²) >= 11 is 0. The van der Waals surface area contributed by atoms with Gasteiger partial charge in [0.15, 0.2) is 0 Å². The summed E-state index contributed by atoms with van der Waals surface area (Å²) in [4.78, 5) is -0.186. The van der Waals surface area contributed by atoms with Crippen molar-refractivity contribution in [3.05, 3.63) is 48.0 Å². The fraction of sp³-hybridized carbons (Fsp3) is 0.294. The number of hydrogen-bond acceptors (Lipinski definition) is 6. The number of rotatable bonds is 9. The van der Waals surface area contributed by atoms with Gasteiger partial charge in [0.05, 0.1) is 25.7 Å². The number of sulfonamides is 2. The Morgan fingerprint density at radius 3 is 2.04 bits per heavy atom. The molecule has 0 saturated carbocycles. The van der Waals surface area contributed by atoms with E-state index in [1.807, 2.05) is 0 Å². The molecule has 148 valence electrons. The molecule has 2 rings (SSSR count). The number of anilines is 1. The monoisotopic (exact) mass is 414 g/mol. The molecule has 0 aliphatic carbocycles. The van der Waals surface area contributed by atoms with Crippen LogP contribution in [0.5, 0.6) is 11.5 Å². The third kappa shape index (κ3) is 5.59. The summed E-state index contributed by atoms with van der Waals surface area (Å²) in [6.45, 7) is 1.50. The second-order valence-electron chi connectivity index (χ2n) is 5.54. The van der Waals surface area contributed by atoms with Gasteiger partial charge in [0.2, 0.25) is 20.0 Å². The predicted octanol–water partition coefficient (Wildman–Crippen LogP) is 1.94. The van der Waals surface area contributed by atoms with Crippen molar-refractivity contribution in [1.82, 2.24) is 4.72 Å². The first kappa shape index (κ1) is 21.0. The van der Waals surface area contributed by atoms with Gasteiger partial charge < -0.3 is 9.47 Å². The van der Waals surface area contributed by atoms with Gasteiger partial charge in [-0.3, -0.25) is 4.72 Å². The van der Waals surface area contributed by atoms with E-state index in [-0.39, 0.29) is 22.9 Å². The van der Waals surface area contributed by atoms with Crippen LogP contribution in [0.25, 0.3) is 0 Å². The molecule has 0 saturated heterocycles. The first-order chi connectivity index (χ1) is 12.7. The molecule has 27 heavy (non-hydrogen) atoms. The maximum atomic E-state index is 12.7. The van der Waals surface area contributed by atoms with Crippen molar-refractivity contribution >= 4 is 25.7 Å². The van der Waals surface area contributed by atoms with Crippen LogP contribution >= 0.6 is 0 Å². The second-order valence-corrected chi connectivity index (χ2v) is 9.29. The van der Waals surface area contributed by atoms with Crippen molar-refractivity contribution in [3.8, 4) is 11.5 Å². The zero-order valence-corrected chi connectivity index (χ0v) is 16.9. The van der Waals surface area contributed by atoms with Gasteiger partial charge >= 0.3 is 0 Å². The Morgan fingerprint density at radius 1 is 0.889 bits per heavy atom. The first-order valence-electron chi connectivity index (χ1n) is 8.02. The average Bonchev–Trinajstić information content (AvgIpc) is 2.66. The summed E-state index contributed by atoms with van der Waals surface area (Å²) in [7, 11) is -4.69. The van der Waals surface area contributed by atoms with Crippen LogP contribution in [0.4, 0.5) is 5.69 Å². The van der Waals surface area contributed by atoms with E-state index in [0.29, 0.717) is 11.5 Å². The number of nitrogens with one attached hydrogen (secondary N) is 2. The molecule has 0 aliphatic heterocycles. The van der Waals surface area contributed by atoms with Crippen LogP contribution < -0.4 is 18.9 Å². The lowest BCUT2D eigenvalue weighted by atomic mass is 10.2. The Bertz CT molecular complexity index is 987. The maximum Gasteiger partial charge on any atom is 0.242 e. The van der Waals surface area contributed by atoms with Crippen molar-refractivity contribution in [2.75, 3.05) is 24.7 Å². The van der Waals surface area contributed by atoms with E-state index in [2.05, 4.69) is 9.44 Å². The molecular formula is C17H22N2O6S2. The van der Waals surface area contributed by atoms with Crippen LogP contribution in [0.2, 0.25) is 0 Å². The SMILES string of the molecule is CCS(=O)(=O)Nc1cc(OC)ccc1S(=O)(=O)NCc1ccc(OC)cc1. The van der Waals surface area contributed by atoms with Crippen molar-refractivity contribution in [2.45, 2.75) is 18.4 Å². The van der Waals surface area contributed by atoms with Crippen molar-refractivity contribution in [1.29, 1.82) is 0 Å². The van der Waals surface area contributed by atoms with Gasteiger partial charge in [-0.25, -0.2) is 21.6 Å². The van der Waals surface area contributed by atoms with Crippen LogP contribution in [-0.2, 0) is 26.6 Å². The van der Waals surface area contributed by atoms with E-state index < -0.39 is 20.0 Å². The minimum absolute atomic E-state index is 0.0400. The molecule has 0 atom stereocenters. The van der Waals surface area contributed by atoms with E-state index in [1.54, 1.807) is 31.4 Å². The van der Waals surface area contributed by atoms with E-state index >= 15 is 0 Å². The van der Waals surface area contributed by atoms with Crippen LogP contribution in [0.1, 0.15) is 12.5 Å². The van der Waals surface area contributed by atoms with Crippen LogP contribution in [-0.4, -0.2) is 36.8 Å². The number of benzene rings is 2. The standard InChI is InChI=1S/C17H22N2O6S2/c1-4-26(20,21)19-16-11-15(25-3)9-10-17(16)27(22,23)18-12-13-5-7-14(24-2)8-6-13/h5-11,18-19H,4,12H2,1-3H3. The number of hydrogen-bond donors (Lipinski definition) is 2. The molecule has 0 aliphatic rings. The number of methoxy groups -OCH3 is 2. The van der Waals surface area contributed by atoms with E-state index in [1.165, 1.54) is 32.2 Å². The Balaban J connectivity index is 2.30. The molecule has 0 aromatic heterocycles. The fourth-order valence-corrected chi connectivity index (χ4v) is 4.06. The van der Waals surface area contributed by atoms with E-state index in [9.17, 15) is 16.8 Å². The summed E-state index contributed by atoms with van der Waals surface area (Å²) in [5.74, 6) is 0.800. The molecule has 8 nitrogen and oxygen atoms in total. The van der Waals surface area contributed by atoms with Gasteiger partial charge in [0.1, 0.15) is 16.4 Å². The van der Waals surface area contributed by atoms with E-state index in [0.717, 1.165) is 5.56 Å². The highest BCUT2D eigenvalue weighted by molar-refractivity contribution is 7.93. The molecule has 2 aromatic rings. The smallest absolute Gasteiger partial charge is 0.242 e. The number of ether oxygens (including phenoxy) is 2. The highest BCUT2D eigenvalue weighted by Crippen LogP contribution is 2.27. The Labute approximate surface area is 159 Å². The minimum atomic E-state index is -3.97. The third-order valence-electron chi connectivity index (χ3n) is 3.75. The predicted molar refractivity (Wildman–Crippen MR) is 103 cm³/mol. The van der Waals surface area contributed by atoms with Gasteiger partial charge in [0.25, 0.3) is 0 Å². The van der Waals surface area contributed by atoms with Crippen molar-refractivity contribution in [3.63, 3.8) is 0 Å². The van der Waals surface area contributed by atoms with Gasteiger partial charge in [0, 0.05) is 12.6 Å². The zero-order chi connectivity index (χ0) is 20.1. The summed E-state index contributed by atoms with van der Waals surface area (Å²) in [6.07, 6.45) is 0. The largest absolute Gasteiger partial charge is 0.497 e. The normalized spacial score (nSPS) is 11.8. The maximum absolute atomic E-state index is 12.7. The van der Waals surface area contributed by atoms with Gasteiger partial charge in [-0.05, 0) is 36.8 Å². The van der Waals surface area contributed by atoms with E-state index in [4.69, 9.17) is 9.47 Å². The molecule has 2 N–H and O–H groups in total. The third-order valence-corrected chi connectivity index (χ3v) is 6.50. The summed E-state index contributed by atoms with van der Waals surface area (Å²) in [6, 6.07) is 11.0. The quantitative estimate of drug-likeness (QED) is 0.649. The molecule has 10 heteroatoms. The Hall–Kier alpha value is -2.30. The lowest BCUT2D eigenvalue weighted by Gasteiger charge is -2.14. The molecule has 0 unspecified atom stereocenters. The first-order valence-corrected chi connectivity index (χ1v) is 11.2. The van der Waals surface area contributed by atoms with Crippen LogP contribution in [0, 0.1) is 0 Å². The minimum Gasteiger partial charge on any atom is -0.497 e. The molecule has 0 heterocycles. The topological polar surface area (TPSA) is 111 Å². The molecule has 0 fully saturated rings. The molecule has 0 radical (unpaired) electrons. The zero-order valence-electron chi connectivity index (χ0n) is 15.2. The summed E-state index contributed by atoms with van der Waals surface area (Å²) < 4.78 is 64.1. The highest BCUT2D eigenvalue weighted by atomic mass is 32.2. The Morgan fingerprint density at radius 2 is 1.48 bits per heavy atom. The second kappa shape index (κ2) is 8.59. The van der Waals surface area contributed by atoms with Crippen molar-refractivity contribution < 1.29 is 26.3 Å². The lowest BCUT2D eigenvalue weighted by Crippen LogP contribution is -2.25. The Kier molecular flexibility index (Phi) is 6.68. The molecular weight excluding hydrogens is 392 g/mol. The molecule has 0 bridgehead atoms. The summed E-state index contributed by atoms with van der Waals surface area (Å²) in [5, 5.41) is 0. The van der Waals surface area contributed by atoms with Crippen LogP contribution in [0.3, 0.4) is 0 Å². The average molecular weight is 415 g/mol.